The van der Waals surface area contributed by atoms with Crippen LogP contribution < -0.4 is 16.0 Å². The highest BCUT2D eigenvalue weighted by atomic mass is 16.2. The normalized spacial score (nSPS) is 10.0. The highest BCUT2D eigenvalue weighted by Gasteiger charge is 2.10. The van der Waals surface area contributed by atoms with Gasteiger partial charge in [0.15, 0.2) is 0 Å². The third kappa shape index (κ3) is 7.44. The predicted octanol–water partition coefficient (Wildman–Crippen LogP) is 2.91. The quantitative estimate of drug-likeness (QED) is 0.644. The molecule has 6 nitrogen and oxygen atoms in total. The second-order valence-corrected chi connectivity index (χ2v) is 5.48. The largest absolute Gasteiger partial charge is 0.352 e. The van der Waals surface area contributed by atoms with Gasteiger partial charge in [-0.2, -0.15) is 0 Å². The van der Waals surface area contributed by atoms with Crippen molar-refractivity contribution in [3.63, 3.8) is 0 Å². The summed E-state index contributed by atoms with van der Waals surface area (Å²) in [6.45, 7) is 5.52. The predicted molar refractivity (Wildman–Crippen MR) is 91.5 cm³/mol. The minimum atomic E-state index is -0.240. The Hall–Kier alpha value is -2.37. The van der Waals surface area contributed by atoms with Crippen molar-refractivity contribution in [1.82, 2.24) is 5.32 Å². The molecule has 0 atom stereocenters. The number of rotatable bonds is 8. The number of carbonyl (C=O) groups is 3. The van der Waals surface area contributed by atoms with E-state index >= 15 is 0 Å². The summed E-state index contributed by atoms with van der Waals surface area (Å²) in [7, 11) is 0. The SMILES string of the molecule is CCCCCCNC(=O)c1cc(NC(C)=O)cc(NC(C)=O)c1. The van der Waals surface area contributed by atoms with Crippen molar-refractivity contribution in [2.45, 2.75) is 46.5 Å². The highest BCUT2D eigenvalue weighted by molar-refractivity contribution is 5.99. The topological polar surface area (TPSA) is 87.3 Å². The van der Waals surface area contributed by atoms with Crippen LogP contribution in [0.3, 0.4) is 0 Å². The molecule has 1 rings (SSSR count). The molecular formula is C17H25N3O3. The van der Waals surface area contributed by atoms with Crippen molar-refractivity contribution in [3.05, 3.63) is 23.8 Å². The van der Waals surface area contributed by atoms with Gasteiger partial charge in [-0.05, 0) is 24.6 Å². The lowest BCUT2D eigenvalue weighted by molar-refractivity contribution is -0.115. The van der Waals surface area contributed by atoms with E-state index in [1.54, 1.807) is 18.2 Å². The molecule has 0 saturated heterocycles. The summed E-state index contributed by atoms with van der Waals surface area (Å²) in [5, 5.41) is 8.11. The summed E-state index contributed by atoms with van der Waals surface area (Å²) >= 11 is 0. The number of nitrogens with one attached hydrogen (secondary N) is 3. The maximum Gasteiger partial charge on any atom is 0.251 e. The molecule has 0 radical (unpaired) electrons. The fourth-order valence-corrected chi connectivity index (χ4v) is 2.17. The Balaban J connectivity index is 2.79. The molecule has 0 fully saturated rings. The summed E-state index contributed by atoms with van der Waals surface area (Å²) in [5.74, 6) is -0.702. The standard InChI is InChI=1S/C17H25N3O3/c1-4-5-6-7-8-18-17(23)14-9-15(19-12(2)21)11-16(10-14)20-13(3)22/h9-11H,4-8H2,1-3H3,(H,18,23)(H,19,21)(H,20,22). The molecule has 0 aromatic heterocycles. The number of carbonyl (C=O) groups excluding carboxylic acids is 3. The van der Waals surface area contributed by atoms with Crippen LogP contribution in [0.25, 0.3) is 0 Å². The number of hydrogen-bond donors (Lipinski definition) is 3. The number of unbranched alkanes of at least 4 members (excludes halogenated alkanes) is 3. The molecule has 3 amide bonds. The Morgan fingerprint density at radius 1 is 0.870 bits per heavy atom. The molecule has 1 aromatic rings. The van der Waals surface area contributed by atoms with Gasteiger partial charge in [-0.3, -0.25) is 14.4 Å². The van der Waals surface area contributed by atoms with E-state index in [4.69, 9.17) is 0 Å². The third-order valence-electron chi connectivity index (χ3n) is 3.15. The van der Waals surface area contributed by atoms with Crippen molar-refractivity contribution >= 4 is 29.1 Å². The van der Waals surface area contributed by atoms with Crippen LogP contribution in [0.1, 0.15) is 56.8 Å². The third-order valence-corrected chi connectivity index (χ3v) is 3.15. The minimum absolute atomic E-state index is 0.222. The molecule has 23 heavy (non-hydrogen) atoms. The Morgan fingerprint density at radius 3 is 1.91 bits per heavy atom. The van der Waals surface area contributed by atoms with Crippen LogP contribution in [-0.2, 0) is 9.59 Å². The van der Waals surface area contributed by atoms with E-state index in [1.807, 2.05) is 0 Å². The molecular weight excluding hydrogens is 294 g/mol. The number of anilines is 2. The van der Waals surface area contributed by atoms with E-state index in [2.05, 4.69) is 22.9 Å². The second kappa shape index (κ2) is 9.61. The molecule has 1 aromatic carbocycles. The molecule has 126 valence electrons. The van der Waals surface area contributed by atoms with Gasteiger partial charge in [0.2, 0.25) is 11.8 Å². The summed E-state index contributed by atoms with van der Waals surface area (Å²) in [6, 6.07) is 4.79. The van der Waals surface area contributed by atoms with E-state index < -0.39 is 0 Å². The Kier molecular flexibility index (Phi) is 7.80. The molecule has 3 N–H and O–H groups in total. The van der Waals surface area contributed by atoms with Crippen LogP contribution in [0.2, 0.25) is 0 Å². The second-order valence-electron chi connectivity index (χ2n) is 5.48. The van der Waals surface area contributed by atoms with Gasteiger partial charge in [0.05, 0.1) is 0 Å². The Bertz CT molecular complexity index is 536. The number of benzene rings is 1. The lowest BCUT2D eigenvalue weighted by Gasteiger charge is -2.11. The van der Waals surface area contributed by atoms with Gasteiger partial charge in [-0.25, -0.2) is 0 Å². The van der Waals surface area contributed by atoms with Crippen molar-refractivity contribution in [3.8, 4) is 0 Å². The van der Waals surface area contributed by atoms with Crippen LogP contribution in [0.5, 0.6) is 0 Å². The van der Waals surface area contributed by atoms with Crippen LogP contribution in [0.4, 0.5) is 11.4 Å². The monoisotopic (exact) mass is 319 g/mol. The summed E-state index contributed by atoms with van der Waals surface area (Å²) in [5.41, 5.74) is 1.34. The van der Waals surface area contributed by atoms with E-state index in [9.17, 15) is 14.4 Å². The Labute approximate surface area is 137 Å². The first-order valence-electron chi connectivity index (χ1n) is 7.91. The van der Waals surface area contributed by atoms with Crippen molar-refractivity contribution < 1.29 is 14.4 Å². The molecule has 0 unspecified atom stereocenters. The van der Waals surface area contributed by atoms with E-state index in [0.717, 1.165) is 25.7 Å². The maximum atomic E-state index is 12.2. The van der Waals surface area contributed by atoms with Gasteiger partial charge in [0.1, 0.15) is 0 Å². The van der Waals surface area contributed by atoms with Crippen molar-refractivity contribution in [1.29, 1.82) is 0 Å². The van der Waals surface area contributed by atoms with Gasteiger partial charge in [0.25, 0.3) is 5.91 Å². The van der Waals surface area contributed by atoms with Crippen LogP contribution in [0.15, 0.2) is 18.2 Å². The summed E-state index contributed by atoms with van der Waals surface area (Å²) in [4.78, 5) is 34.6. The molecule has 0 saturated carbocycles. The first kappa shape index (κ1) is 18.7. The van der Waals surface area contributed by atoms with Crippen molar-refractivity contribution in [2.75, 3.05) is 17.2 Å². The molecule has 0 aliphatic heterocycles. The average molecular weight is 319 g/mol. The van der Waals surface area contributed by atoms with Gasteiger partial charge in [-0.1, -0.05) is 26.2 Å². The van der Waals surface area contributed by atoms with E-state index in [0.29, 0.717) is 23.5 Å². The van der Waals surface area contributed by atoms with E-state index in [1.165, 1.54) is 13.8 Å². The van der Waals surface area contributed by atoms with Crippen LogP contribution in [0, 0.1) is 0 Å². The highest BCUT2D eigenvalue weighted by Crippen LogP contribution is 2.19. The molecule has 6 heteroatoms. The van der Waals surface area contributed by atoms with E-state index in [-0.39, 0.29) is 17.7 Å². The van der Waals surface area contributed by atoms with Gasteiger partial charge in [-0.15, -0.1) is 0 Å². The lowest BCUT2D eigenvalue weighted by Crippen LogP contribution is -2.25. The molecule has 0 aliphatic carbocycles. The number of hydrogen-bond acceptors (Lipinski definition) is 3. The first-order chi connectivity index (χ1) is 10.9. The summed E-state index contributed by atoms with van der Waals surface area (Å²) < 4.78 is 0. The smallest absolute Gasteiger partial charge is 0.251 e. The zero-order valence-corrected chi connectivity index (χ0v) is 14.0. The van der Waals surface area contributed by atoms with Crippen LogP contribution >= 0.6 is 0 Å². The molecule has 0 bridgehead atoms. The van der Waals surface area contributed by atoms with Crippen LogP contribution in [-0.4, -0.2) is 24.3 Å². The average Bonchev–Trinajstić information content (AvgIpc) is 2.45. The van der Waals surface area contributed by atoms with Gasteiger partial charge in [0, 0.05) is 37.3 Å². The van der Waals surface area contributed by atoms with Gasteiger partial charge < -0.3 is 16.0 Å². The fraction of sp³-hybridized carbons (Fsp3) is 0.471. The molecule has 0 aliphatic rings. The van der Waals surface area contributed by atoms with Crippen molar-refractivity contribution in [2.24, 2.45) is 0 Å². The molecule has 0 heterocycles. The lowest BCUT2D eigenvalue weighted by atomic mass is 10.1. The zero-order chi connectivity index (χ0) is 17.2. The fourth-order valence-electron chi connectivity index (χ4n) is 2.17. The minimum Gasteiger partial charge on any atom is -0.352 e. The maximum absolute atomic E-state index is 12.2. The van der Waals surface area contributed by atoms with Gasteiger partial charge >= 0.3 is 0 Å². The summed E-state index contributed by atoms with van der Waals surface area (Å²) in [6.07, 6.45) is 4.32. The number of amides is 3. The molecule has 0 spiro atoms. The Morgan fingerprint density at radius 2 is 1.43 bits per heavy atom. The zero-order valence-electron chi connectivity index (χ0n) is 14.0. The first-order valence-corrected chi connectivity index (χ1v) is 7.91.